The maximum atomic E-state index is 12.8. The number of imidazole rings is 1. The Hall–Kier alpha value is -3.45. The minimum atomic E-state index is -0.0329. The molecule has 0 radical (unpaired) electrons. The molecule has 4 rings (SSSR count). The molecule has 3 aromatic rings. The summed E-state index contributed by atoms with van der Waals surface area (Å²) < 4.78 is 1.99. The number of anilines is 1. The number of carbonyl (C=O) groups is 2. The van der Waals surface area contributed by atoms with Crippen molar-refractivity contribution in [3.05, 3.63) is 84.4 Å². The van der Waals surface area contributed by atoms with Crippen molar-refractivity contribution in [1.82, 2.24) is 19.4 Å². The van der Waals surface area contributed by atoms with Gasteiger partial charge in [0.05, 0.1) is 12.9 Å². The summed E-state index contributed by atoms with van der Waals surface area (Å²) in [5.41, 5.74) is 2.62. The van der Waals surface area contributed by atoms with Gasteiger partial charge in [0.25, 0.3) is 5.91 Å². The largest absolute Gasteiger partial charge is 0.336 e. The van der Waals surface area contributed by atoms with Gasteiger partial charge in [-0.1, -0.05) is 30.3 Å². The highest BCUT2D eigenvalue weighted by molar-refractivity contribution is 5.94. The number of aromatic nitrogens is 2. The molecular formula is C23H25N5O2. The number of benzene rings is 2. The van der Waals surface area contributed by atoms with Crippen LogP contribution in [0.1, 0.15) is 15.9 Å². The van der Waals surface area contributed by atoms with Gasteiger partial charge in [-0.25, -0.2) is 4.98 Å². The Kier molecular flexibility index (Phi) is 6.20. The molecule has 1 aliphatic rings. The predicted octanol–water partition coefficient (Wildman–Crippen LogP) is 2.33. The van der Waals surface area contributed by atoms with E-state index in [9.17, 15) is 9.59 Å². The normalized spacial score (nSPS) is 14.5. The van der Waals surface area contributed by atoms with Crippen LogP contribution in [0.15, 0.2) is 73.3 Å². The third-order valence-corrected chi connectivity index (χ3v) is 5.21. The first-order chi connectivity index (χ1) is 14.7. The van der Waals surface area contributed by atoms with Crippen LogP contribution in [0, 0.1) is 0 Å². The highest BCUT2D eigenvalue weighted by atomic mass is 16.2. The van der Waals surface area contributed by atoms with Crippen molar-refractivity contribution < 1.29 is 9.59 Å². The molecule has 1 aromatic heterocycles. The SMILES string of the molecule is O=C(CN1CCN(C(=O)c2ccc(Cn3ccnc3)cc2)CC1)Nc1ccccc1. The van der Waals surface area contributed by atoms with Crippen molar-refractivity contribution in [3.8, 4) is 0 Å². The summed E-state index contributed by atoms with van der Waals surface area (Å²) in [6, 6.07) is 17.2. The smallest absolute Gasteiger partial charge is 0.253 e. The van der Waals surface area contributed by atoms with E-state index in [1.807, 2.05) is 70.3 Å². The van der Waals surface area contributed by atoms with Gasteiger partial charge in [0.2, 0.25) is 5.91 Å². The Morgan fingerprint density at radius 1 is 0.933 bits per heavy atom. The first-order valence-electron chi connectivity index (χ1n) is 10.1. The number of nitrogens with one attached hydrogen (secondary N) is 1. The molecule has 0 spiro atoms. The molecule has 7 nitrogen and oxygen atoms in total. The molecule has 0 saturated carbocycles. The summed E-state index contributed by atoms with van der Waals surface area (Å²) in [5, 5.41) is 2.90. The fourth-order valence-corrected chi connectivity index (χ4v) is 3.56. The molecule has 1 fully saturated rings. The maximum Gasteiger partial charge on any atom is 0.253 e. The number of piperazine rings is 1. The number of rotatable bonds is 6. The lowest BCUT2D eigenvalue weighted by atomic mass is 10.1. The summed E-state index contributed by atoms with van der Waals surface area (Å²) in [4.78, 5) is 33.0. The van der Waals surface area contributed by atoms with Gasteiger partial charge < -0.3 is 14.8 Å². The molecule has 1 N–H and O–H groups in total. The van der Waals surface area contributed by atoms with Crippen LogP contribution in [-0.2, 0) is 11.3 Å². The van der Waals surface area contributed by atoms with Crippen LogP contribution in [0.3, 0.4) is 0 Å². The lowest BCUT2D eigenvalue weighted by Gasteiger charge is -2.34. The summed E-state index contributed by atoms with van der Waals surface area (Å²) in [6.45, 7) is 3.68. The number of nitrogens with zero attached hydrogens (tertiary/aromatic N) is 4. The molecule has 2 aromatic carbocycles. The highest BCUT2D eigenvalue weighted by Crippen LogP contribution is 2.12. The Labute approximate surface area is 175 Å². The number of carbonyl (C=O) groups excluding carboxylic acids is 2. The third-order valence-electron chi connectivity index (χ3n) is 5.21. The van der Waals surface area contributed by atoms with Crippen molar-refractivity contribution in [1.29, 1.82) is 0 Å². The van der Waals surface area contributed by atoms with E-state index in [1.165, 1.54) is 0 Å². The molecule has 0 atom stereocenters. The second kappa shape index (κ2) is 9.37. The Morgan fingerprint density at radius 3 is 2.33 bits per heavy atom. The number of hydrogen-bond donors (Lipinski definition) is 1. The number of para-hydroxylation sites is 1. The fourth-order valence-electron chi connectivity index (χ4n) is 3.56. The summed E-state index contributed by atoms with van der Waals surface area (Å²) in [7, 11) is 0. The van der Waals surface area contributed by atoms with Gasteiger partial charge in [-0.3, -0.25) is 14.5 Å². The first kappa shape index (κ1) is 19.8. The van der Waals surface area contributed by atoms with Gasteiger partial charge in [-0.2, -0.15) is 0 Å². The zero-order chi connectivity index (χ0) is 20.8. The second-order valence-electron chi connectivity index (χ2n) is 7.41. The minimum absolute atomic E-state index is 0.0329. The number of amides is 2. The molecule has 1 aliphatic heterocycles. The predicted molar refractivity (Wildman–Crippen MR) is 115 cm³/mol. The molecule has 154 valence electrons. The van der Waals surface area contributed by atoms with Crippen molar-refractivity contribution >= 4 is 17.5 Å². The maximum absolute atomic E-state index is 12.8. The Balaban J connectivity index is 1.25. The molecule has 2 amide bonds. The van der Waals surface area contributed by atoms with Crippen LogP contribution in [0.2, 0.25) is 0 Å². The van der Waals surface area contributed by atoms with Crippen LogP contribution in [-0.4, -0.2) is 63.9 Å². The molecule has 0 unspecified atom stereocenters. The van der Waals surface area contributed by atoms with E-state index in [0.717, 1.165) is 17.8 Å². The fraction of sp³-hybridized carbons (Fsp3) is 0.261. The third kappa shape index (κ3) is 5.12. The van der Waals surface area contributed by atoms with Gasteiger partial charge in [0.1, 0.15) is 0 Å². The van der Waals surface area contributed by atoms with Crippen LogP contribution < -0.4 is 5.32 Å². The molecule has 2 heterocycles. The van der Waals surface area contributed by atoms with E-state index in [-0.39, 0.29) is 11.8 Å². The van der Waals surface area contributed by atoms with Gasteiger partial charge in [0, 0.05) is 56.4 Å². The van der Waals surface area contributed by atoms with Crippen molar-refractivity contribution in [3.63, 3.8) is 0 Å². The van der Waals surface area contributed by atoms with Gasteiger partial charge in [-0.05, 0) is 29.8 Å². The molecule has 0 bridgehead atoms. The lowest BCUT2D eigenvalue weighted by Crippen LogP contribution is -2.50. The molecule has 30 heavy (non-hydrogen) atoms. The molecule has 1 saturated heterocycles. The monoisotopic (exact) mass is 403 g/mol. The van der Waals surface area contributed by atoms with E-state index in [4.69, 9.17) is 0 Å². The molecule has 7 heteroatoms. The summed E-state index contributed by atoms with van der Waals surface area (Å²) in [6.07, 6.45) is 5.44. The molecule has 0 aliphatic carbocycles. The van der Waals surface area contributed by atoms with E-state index in [0.29, 0.717) is 38.3 Å². The van der Waals surface area contributed by atoms with Gasteiger partial charge in [0.15, 0.2) is 0 Å². The number of hydrogen-bond acceptors (Lipinski definition) is 4. The van der Waals surface area contributed by atoms with Crippen LogP contribution >= 0.6 is 0 Å². The van der Waals surface area contributed by atoms with Gasteiger partial charge in [-0.15, -0.1) is 0 Å². The zero-order valence-corrected chi connectivity index (χ0v) is 16.8. The Morgan fingerprint density at radius 2 is 1.67 bits per heavy atom. The van der Waals surface area contributed by atoms with Crippen molar-refractivity contribution in [2.45, 2.75) is 6.54 Å². The van der Waals surface area contributed by atoms with Crippen LogP contribution in [0.5, 0.6) is 0 Å². The molecular weight excluding hydrogens is 378 g/mol. The Bertz CT molecular complexity index is 963. The second-order valence-corrected chi connectivity index (χ2v) is 7.41. The summed E-state index contributed by atoms with van der Waals surface area (Å²) >= 11 is 0. The van der Waals surface area contributed by atoms with E-state index in [2.05, 4.69) is 15.2 Å². The minimum Gasteiger partial charge on any atom is -0.336 e. The average Bonchev–Trinajstić information content (AvgIpc) is 3.28. The first-order valence-corrected chi connectivity index (χ1v) is 10.1. The quantitative estimate of drug-likeness (QED) is 0.686. The van der Waals surface area contributed by atoms with Crippen molar-refractivity contribution in [2.75, 3.05) is 38.0 Å². The van der Waals surface area contributed by atoms with E-state index in [1.54, 1.807) is 12.5 Å². The lowest BCUT2D eigenvalue weighted by molar-refractivity contribution is -0.117. The highest BCUT2D eigenvalue weighted by Gasteiger charge is 2.23. The average molecular weight is 403 g/mol. The van der Waals surface area contributed by atoms with Crippen molar-refractivity contribution in [2.24, 2.45) is 0 Å². The van der Waals surface area contributed by atoms with E-state index >= 15 is 0 Å². The topological polar surface area (TPSA) is 70.5 Å². The van der Waals surface area contributed by atoms with Gasteiger partial charge >= 0.3 is 0 Å². The van der Waals surface area contributed by atoms with Crippen LogP contribution in [0.25, 0.3) is 0 Å². The standard InChI is InChI=1S/C23H25N5O2/c29-22(25-21-4-2-1-3-5-21)17-26-12-14-28(15-13-26)23(30)20-8-6-19(7-9-20)16-27-11-10-24-18-27/h1-11,18H,12-17H2,(H,25,29). The summed E-state index contributed by atoms with van der Waals surface area (Å²) in [5.74, 6) is 0.00650. The van der Waals surface area contributed by atoms with Crippen LogP contribution in [0.4, 0.5) is 5.69 Å². The van der Waals surface area contributed by atoms with E-state index < -0.39 is 0 Å². The zero-order valence-electron chi connectivity index (χ0n) is 16.8.